The van der Waals surface area contributed by atoms with Crippen molar-refractivity contribution >= 4 is 23.4 Å². The second-order valence-electron chi connectivity index (χ2n) is 6.17. The first kappa shape index (κ1) is 16.9. The number of hydrogen-bond acceptors (Lipinski definition) is 3. The molecule has 1 atom stereocenters. The van der Waals surface area contributed by atoms with Gasteiger partial charge in [0.25, 0.3) is 11.8 Å². The Balaban J connectivity index is 1.83. The number of fused-ring (bicyclic) bond motifs is 1. The van der Waals surface area contributed by atoms with Crippen LogP contribution in [-0.4, -0.2) is 29.7 Å². The van der Waals surface area contributed by atoms with Crippen LogP contribution in [0.15, 0.2) is 48.5 Å². The Labute approximate surface area is 146 Å². The number of imide groups is 1. The minimum atomic E-state index is -0.343. The molecule has 0 aromatic heterocycles. The van der Waals surface area contributed by atoms with E-state index in [-0.39, 0.29) is 23.6 Å². The van der Waals surface area contributed by atoms with Crippen molar-refractivity contribution in [2.75, 3.05) is 12.4 Å². The summed E-state index contributed by atoms with van der Waals surface area (Å²) in [4.78, 5) is 37.9. The van der Waals surface area contributed by atoms with Gasteiger partial charge in [-0.1, -0.05) is 43.7 Å². The first-order chi connectivity index (χ1) is 12.0. The van der Waals surface area contributed by atoms with E-state index in [1.807, 2.05) is 37.3 Å². The first-order valence-electron chi connectivity index (χ1n) is 8.35. The normalized spacial score (nSPS) is 14.4. The van der Waals surface area contributed by atoms with Crippen LogP contribution < -0.4 is 5.32 Å². The van der Waals surface area contributed by atoms with E-state index in [0.29, 0.717) is 16.8 Å². The van der Waals surface area contributed by atoms with E-state index >= 15 is 0 Å². The van der Waals surface area contributed by atoms with Gasteiger partial charge in [-0.05, 0) is 30.2 Å². The van der Waals surface area contributed by atoms with Crippen LogP contribution in [0.1, 0.15) is 52.0 Å². The Bertz CT molecular complexity index is 830. The Morgan fingerprint density at radius 1 is 1.04 bits per heavy atom. The monoisotopic (exact) mass is 336 g/mol. The molecule has 0 bridgehead atoms. The number of nitrogens with one attached hydrogen (secondary N) is 1. The molecule has 3 amide bonds. The first-order valence-corrected chi connectivity index (χ1v) is 8.35. The maximum absolute atomic E-state index is 12.7. The van der Waals surface area contributed by atoms with Gasteiger partial charge in [-0.2, -0.15) is 0 Å². The van der Waals surface area contributed by atoms with E-state index in [0.717, 1.165) is 23.3 Å². The molecule has 2 aromatic rings. The molecule has 25 heavy (non-hydrogen) atoms. The fraction of sp³-hybridized carbons (Fsp3) is 0.250. The van der Waals surface area contributed by atoms with Crippen LogP contribution in [0.25, 0.3) is 0 Å². The predicted octanol–water partition coefficient (Wildman–Crippen LogP) is 3.43. The molecule has 1 heterocycles. The van der Waals surface area contributed by atoms with Crippen molar-refractivity contribution in [2.24, 2.45) is 0 Å². The summed E-state index contributed by atoms with van der Waals surface area (Å²) in [5.74, 6) is -1.02. The van der Waals surface area contributed by atoms with Crippen molar-refractivity contribution in [3.8, 4) is 0 Å². The van der Waals surface area contributed by atoms with E-state index in [2.05, 4.69) is 5.32 Å². The van der Waals surface area contributed by atoms with Gasteiger partial charge in [-0.25, -0.2) is 0 Å². The Kier molecular flexibility index (Phi) is 4.65. The summed E-state index contributed by atoms with van der Waals surface area (Å²) < 4.78 is 0. The van der Waals surface area contributed by atoms with Gasteiger partial charge in [0.1, 0.15) is 0 Å². The molecule has 0 spiro atoms. The number of hydrogen-bond donors (Lipinski definition) is 1. The Hall–Kier alpha value is -2.95. The van der Waals surface area contributed by atoms with Crippen molar-refractivity contribution in [1.82, 2.24) is 4.90 Å². The van der Waals surface area contributed by atoms with Gasteiger partial charge in [0.15, 0.2) is 0 Å². The molecule has 0 saturated heterocycles. The van der Waals surface area contributed by atoms with Gasteiger partial charge in [-0.3, -0.25) is 19.3 Å². The van der Waals surface area contributed by atoms with E-state index < -0.39 is 0 Å². The number of amides is 3. The maximum Gasteiger partial charge on any atom is 0.261 e. The molecule has 5 nitrogen and oxygen atoms in total. The zero-order chi connectivity index (χ0) is 18.0. The highest BCUT2D eigenvalue weighted by Gasteiger charge is 2.33. The molecule has 0 aliphatic carbocycles. The fourth-order valence-electron chi connectivity index (χ4n) is 3.09. The number of carbonyl (C=O) groups excluding carboxylic acids is 3. The van der Waals surface area contributed by atoms with Gasteiger partial charge >= 0.3 is 0 Å². The smallest absolute Gasteiger partial charge is 0.261 e. The lowest BCUT2D eigenvalue weighted by atomic mass is 9.93. The van der Waals surface area contributed by atoms with Gasteiger partial charge in [-0.15, -0.1) is 0 Å². The molecular formula is C20H20N2O3. The van der Waals surface area contributed by atoms with Crippen LogP contribution in [0.4, 0.5) is 5.69 Å². The summed E-state index contributed by atoms with van der Waals surface area (Å²) in [6.45, 7) is 2.04. The number of rotatable bonds is 5. The molecule has 0 radical (unpaired) electrons. The van der Waals surface area contributed by atoms with Crippen LogP contribution >= 0.6 is 0 Å². The minimum absolute atomic E-state index is 0.113. The molecule has 1 N–H and O–H groups in total. The highest BCUT2D eigenvalue weighted by Crippen LogP contribution is 2.27. The third-order valence-corrected chi connectivity index (χ3v) is 4.45. The maximum atomic E-state index is 12.7. The zero-order valence-electron chi connectivity index (χ0n) is 14.3. The lowest BCUT2D eigenvalue weighted by Gasteiger charge is -2.17. The van der Waals surface area contributed by atoms with Crippen molar-refractivity contribution in [3.63, 3.8) is 0 Å². The van der Waals surface area contributed by atoms with Crippen LogP contribution in [0.2, 0.25) is 0 Å². The second-order valence-corrected chi connectivity index (χ2v) is 6.17. The lowest BCUT2D eigenvalue weighted by molar-refractivity contribution is -0.117. The molecule has 0 fully saturated rings. The summed E-state index contributed by atoms with van der Waals surface area (Å²) in [5, 5.41) is 2.88. The lowest BCUT2D eigenvalue weighted by Crippen LogP contribution is -2.24. The van der Waals surface area contributed by atoms with Crippen LogP contribution in [0, 0.1) is 0 Å². The van der Waals surface area contributed by atoms with Gasteiger partial charge < -0.3 is 5.32 Å². The van der Waals surface area contributed by atoms with Crippen molar-refractivity contribution < 1.29 is 14.4 Å². The molecule has 1 aliphatic heterocycles. The summed E-state index contributed by atoms with van der Waals surface area (Å²) in [7, 11) is 1.45. The molecule has 3 rings (SSSR count). The quantitative estimate of drug-likeness (QED) is 0.851. The van der Waals surface area contributed by atoms with Crippen LogP contribution in [-0.2, 0) is 4.79 Å². The number of carbonyl (C=O) groups is 3. The molecule has 0 saturated carbocycles. The summed E-state index contributed by atoms with van der Waals surface area (Å²) >= 11 is 0. The second kappa shape index (κ2) is 6.89. The molecule has 128 valence electrons. The third-order valence-electron chi connectivity index (χ3n) is 4.45. The standard InChI is InChI=1S/C20H20N2O3/c1-3-7-15(13-8-5-4-6-9-13)18(23)21-14-10-11-16-17(12-14)20(25)22(2)19(16)24/h4-6,8-12,15H,3,7H2,1-2H3,(H,21,23). The highest BCUT2D eigenvalue weighted by molar-refractivity contribution is 6.21. The van der Waals surface area contributed by atoms with E-state index in [1.165, 1.54) is 7.05 Å². The SMILES string of the molecule is CCCC(C(=O)Nc1ccc2c(c1)C(=O)N(C)C2=O)c1ccccc1. The van der Waals surface area contributed by atoms with E-state index in [4.69, 9.17) is 0 Å². The average Bonchev–Trinajstić information content (AvgIpc) is 2.84. The topological polar surface area (TPSA) is 66.5 Å². The van der Waals surface area contributed by atoms with Gasteiger partial charge in [0.05, 0.1) is 17.0 Å². The molecular weight excluding hydrogens is 316 g/mol. The summed E-state index contributed by atoms with van der Waals surface area (Å²) in [5.41, 5.74) is 2.20. The Morgan fingerprint density at radius 2 is 1.72 bits per heavy atom. The largest absolute Gasteiger partial charge is 0.326 e. The van der Waals surface area contributed by atoms with Gasteiger partial charge in [0.2, 0.25) is 5.91 Å². The predicted molar refractivity (Wildman–Crippen MR) is 95.6 cm³/mol. The fourth-order valence-corrected chi connectivity index (χ4v) is 3.09. The molecule has 1 unspecified atom stereocenters. The number of benzene rings is 2. The van der Waals surface area contributed by atoms with Crippen molar-refractivity contribution in [3.05, 3.63) is 65.2 Å². The van der Waals surface area contributed by atoms with Gasteiger partial charge in [0, 0.05) is 12.7 Å². The third kappa shape index (κ3) is 3.18. The molecule has 1 aliphatic rings. The number of nitrogens with zero attached hydrogens (tertiary/aromatic N) is 1. The Morgan fingerprint density at radius 3 is 2.40 bits per heavy atom. The molecule has 2 aromatic carbocycles. The average molecular weight is 336 g/mol. The summed E-state index contributed by atoms with van der Waals surface area (Å²) in [6.07, 6.45) is 1.62. The number of anilines is 1. The van der Waals surface area contributed by atoms with Crippen molar-refractivity contribution in [2.45, 2.75) is 25.7 Å². The van der Waals surface area contributed by atoms with E-state index in [1.54, 1.807) is 18.2 Å². The molecule has 5 heteroatoms. The van der Waals surface area contributed by atoms with E-state index in [9.17, 15) is 14.4 Å². The van der Waals surface area contributed by atoms with Crippen LogP contribution in [0.3, 0.4) is 0 Å². The van der Waals surface area contributed by atoms with Crippen LogP contribution in [0.5, 0.6) is 0 Å². The van der Waals surface area contributed by atoms with Crippen molar-refractivity contribution in [1.29, 1.82) is 0 Å². The minimum Gasteiger partial charge on any atom is -0.326 e. The zero-order valence-corrected chi connectivity index (χ0v) is 14.3. The summed E-state index contributed by atoms with van der Waals surface area (Å²) in [6, 6.07) is 14.5. The highest BCUT2D eigenvalue weighted by atomic mass is 16.2.